The van der Waals surface area contributed by atoms with Gasteiger partial charge in [0.15, 0.2) is 0 Å². The standard InChI is InChI=1S/C16H34O2/c1-13(2,3)15(7,17-9)11-12-16(8,18-10)14(4,5)6/h11-12H2,1-10H3. The van der Waals surface area contributed by atoms with Gasteiger partial charge in [-0.05, 0) is 37.5 Å². The number of rotatable bonds is 5. The van der Waals surface area contributed by atoms with Crippen molar-refractivity contribution in [2.24, 2.45) is 10.8 Å². The molecule has 110 valence electrons. The summed E-state index contributed by atoms with van der Waals surface area (Å²) in [6.07, 6.45) is 1.99. The van der Waals surface area contributed by atoms with Gasteiger partial charge in [-0.15, -0.1) is 0 Å². The zero-order valence-corrected chi connectivity index (χ0v) is 14.2. The Morgan fingerprint density at radius 1 is 0.556 bits per heavy atom. The van der Waals surface area contributed by atoms with Crippen LogP contribution < -0.4 is 0 Å². The second-order valence-corrected chi connectivity index (χ2v) is 7.87. The van der Waals surface area contributed by atoms with Gasteiger partial charge in [0.1, 0.15) is 0 Å². The summed E-state index contributed by atoms with van der Waals surface area (Å²) in [7, 11) is 3.62. The van der Waals surface area contributed by atoms with E-state index < -0.39 is 0 Å². The summed E-state index contributed by atoms with van der Waals surface area (Å²) in [4.78, 5) is 0. The van der Waals surface area contributed by atoms with E-state index in [0.717, 1.165) is 12.8 Å². The summed E-state index contributed by atoms with van der Waals surface area (Å²) in [5.41, 5.74) is -0.0152. The van der Waals surface area contributed by atoms with Crippen LogP contribution in [0.1, 0.15) is 68.2 Å². The molecule has 0 heterocycles. The molecule has 0 saturated carbocycles. The smallest absolute Gasteiger partial charge is 0.0699 e. The Morgan fingerprint density at radius 3 is 0.889 bits per heavy atom. The quantitative estimate of drug-likeness (QED) is 0.713. The topological polar surface area (TPSA) is 18.5 Å². The molecule has 0 aromatic heterocycles. The lowest BCUT2D eigenvalue weighted by molar-refractivity contribution is -0.125. The van der Waals surface area contributed by atoms with Crippen molar-refractivity contribution in [1.29, 1.82) is 0 Å². The molecule has 0 saturated heterocycles. The highest BCUT2D eigenvalue weighted by Gasteiger charge is 2.43. The van der Waals surface area contributed by atoms with Crippen LogP contribution in [0.2, 0.25) is 0 Å². The molecule has 0 bridgehead atoms. The molecule has 2 atom stereocenters. The first-order valence-electron chi connectivity index (χ1n) is 6.93. The van der Waals surface area contributed by atoms with Crippen LogP contribution in [0.15, 0.2) is 0 Å². The van der Waals surface area contributed by atoms with Gasteiger partial charge in [0, 0.05) is 14.2 Å². The Hall–Kier alpha value is -0.0800. The van der Waals surface area contributed by atoms with Crippen molar-refractivity contribution in [2.75, 3.05) is 14.2 Å². The molecule has 2 heteroatoms. The molecule has 0 aliphatic carbocycles. The zero-order valence-electron chi connectivity index (χ0n) is 14.2. The SMILES string of the molecule is COC(C)(CCC(C)(OC)C(C)(C)C)C(C)(C)C. The van der Waals surface area contributed by atoms with Crippen molar-refractivity contribution in [3.05, 3.63) is 0 Å². The Morgan fingerprint density at radius 2 is 0.778 bits per heavy atom. The van der Waals surface area contributed by atoms with Gasteiger partial charge in [0.05, 0.1) is 11.2 Å². The molecule has 0 amide bonds. The van der Waals surface area contributed by atoms with Gasteiger partial charge in [0.2, 0.25) is 0 Å². The van der Waals surface area contributed by atoms with Crippen molar-refractivity contribution < 1.29 is 9.47 Å². The van der Waals surface area contributed by atoms with Gasteiger partial charge in [-0.1, -0.05) is 41.5 Å². The summed E-state index contributed by atoms with van der Waals surface area (Å²) in [5.74, 6) is 0. The molecule has 2 nitrogen and oxygen atoms in total. The van der Waals surface area contributed by atoms with Gasteiger partial charge in [-0.2, -0.15) is 0 Å². The monoisotopic (exact) mass is 258 g/mol. The van der Waals surface area contributed by atoms with E-state index in [0.29, 0.717) is 0 Å². The molecular formula is C16H34O2. The predicted octanol–water partition coefficient (Wildman–Crippen LogP) is 4.67. The Labute approximate surface area is 114 Å². The van der Waals surface area contributed by atoms with E-state index in [1.165, 1.54) is 0 Å². The van der Waals surface area contributed by atoms with Crippen LogP contribution in [0.5, 0.6) is 0 Å². The zero-order chi connectivity index (χ0) is 14.8. The van der Waals surface area contributed by atoms with E-state index in [4.69, 9.17) is 9.47 Å². The van der Waals surface area contributed by atoms with E-state index >= 15 is 0 Å². The number of ether oxygens (including phenoxy) is 2. The summed E-state index contributed by atoms with van der Waals surface area (Å²) in [6.45, 7) is 17.8. The van der Waals surface area contributed by atoms with E-state index in [1.807, 2.05) is 14.2 Å². The van der Waals surface area contributed by atoms with Gasteiger partial charge in [0.25, 0.3) is 0 Å². The largest absolute Gasteiger partial charge is 0.378 e. The van der Waals surface area contributed by atoms with Crippen LogP contribution in [0, 0.1) is 10.8 Å². The molecule has 0 rings (SSSR count). The molecule has 0 aromatic carbocycles. The molecular weight excluding hydrogens is 224 g/mol. The number of methoxy groups -OCH3 is 2. The van der Waals surface area contributed by atoms with Crippen LogP contribution in [0.25, 0.3) is 0 Å². The molecule has 0 fully saturated rings. The first-order valence-corrected chi connectivity index (χ1v) is 6.93. The Balaban J connectivity index is 4.93. The third-order valence-electron chi connectivity index (χ3n) is 5.15. The molecule has 0 radical (unpaired) electrons. The maximum atomic E-state index is 5.80. The Bertz CT molecular complexity index is 231. The fourth-order valence-electron chi connectivity index (χ4n) is 2.04. The predicted molar refractivity (Wildman–Crippen MR) is 79.0 cm³/mol. The van der Waals surface area contributed by atoms with Crippen molar-refractivity contribution >= 4 is 0 Å². The minimum atomic E-state index is -0.127. The van der Waals surface area contributed by atoms with Crippen LogP contribution in [-0.2, 0) is 9.47 Å². The average Bonchev–Trinajstić information content (AvgIpc) is 2.22. The van der Waals surface area contributed by atoms with Crippen molar-refractivity contribution in [2.45, 2.75) is 79.4 Å². The molecule has 18 heavy (non-hydrogen) atoms. The fourth-order valence-corrected chi connectivity index (χ4v) is 2.04. The molecule has 2 unspecified atom stereocenters. The van der Waals surface area contributed by atoms with Gasteiger partial charge in [-0.25, -0.2) is 0 Å². The summed E-state index contributed by atoms with van der Waals surface area (Å²) in [5, 5.41) is 0. The molecule has 0 aliphatic rings. The summed E-state index contributed by atoms with van der Waals surface area (Å²) in [6, 6.07) is 0. The van der Waals surface area contributed by atoms with Crippen LogP contribution in [0.4, 0.5) is 0 Å². The van der Waals surface area contributed by atoms with Crippen LogP contribution >= 0.6 is 0 Å². The van der Waals surface area contributed by atoms with Gasteiger partial charge < -0.3 is 9.47 Å². The second kappa shape index (κ2) is 5.50. The van der Waals surface area contributed by atoms with E-state index in [-0.39, 0.29) is 22.0 Å². The number of hydrogen-bond acceptors (Lipinski definition) is 2. The third-order valence-corrected chi connectivity index (χ3v) is 5.15. The summed E-state index contributed by atoms with van der Waals surface area (Å²) >= 11 is 0. The van der Waals surface area contributed by atoms with Crippen molar-refractivity contribution in [3.63, 3.8) is 0 Å². The lowest BCUT2D eigenvalue weighted by Gasteiger charge is -2.46. The second-order valence-electron chi connectivity index (χ2n) is 7.87. The highest BCUT2D eigenvalue weighted by atomic mass is 16.5. The Kier molecular flexibility index (Phi) is 5.48. The highest BCUT2D eigenvalue weighted by Crippen LogP contribution is 2.43. The van der Waals surface area contributed by atoms with Crippen molar-refractivity contribution in [1.82, 2.24) is 0 Å². The first-order chi connectivity index (χ1) is 7.83. The third kappa shape index (κ3) is 3.71. The van der Waals surface area contributed by atoms with Crippen LogP contribution in [0.3, 0.4) is 0 Å². The molecule has 0 N–H and O–H groups in total. The molecule has 0 aromatic rings. The van der Waals surface area contributed by atoms with E-state index in [1.54, 1.807) is 0 Å². The van der Waals surface area contributed by atoms with Gasteiger partial charge in [-0.3, -0.25) is 0 Å². The fraction of sp³-hybridized carbons (Fsp3) is 1.00. The average molecular weight is 258 g/mol. The van der Waals surface area contributed by atoms with Gasteiger partial charge >= 0.3 is 0 Å². The maximum Gasteiger partial charge on any atom is 0.0699 e. The summed E-state index contributed by atoms with van der Waals surface area (Å²) < 4.78 is 11.6. The van der Waals surface area contributed by atoms with E-state index in [9.17, 15) is 0 Å². The minimum Gasteiger partial charge on any atom is -0.378 e. The van der Waals surface area contributed by atoms with Crippen molar-refractivity contribution in [3.8, 4) is 0 Å². The highest BCUT2D eigenvalue weighted by molar-refractivity contribution is 4.94. The lowest BCUT2D eigenvalue weighted by Crippen LogP contribution is -2.47. The lowest BCUT2D eigenvalue weighted by atomic mass is 9.69. The maximum absolute atomic E-state index is 5.80. The van der Waals surface area contributed by atoms with E-state index in [2.05, 4.69) is 55.4 Å². The minimum absolute atomic E-state index is 0.119. The molecule has 0 spiro atoms. The molecule has 0 aliphatic heterocycles. The van der Waals surface area contributed by atoms with Crippen LogP contribution in [-0.4, -0.2) is 25.4 Å². The number of hydrogen-bond donors (Lipinski definition) is 0. The normalized spacial score (nSPS) is 20.3. The first kappa shape index (κ1) is 17.9.